The fraction of sp³-hybridized carbons (Fsp3) is 0.800. The summed E-state index contributed by atoms with van der Waals surface area (Å²) in [7, 11) is 0. The highest BCUT2D eigenvalue weighted by Crippen LogP contribution is 2.49. The Morgan fingerprint density at radius 2 is 2.14 bits per heavy atom. The molecule has 4 heteroatoms. The summed E-state index contributed by atoms with van der Waals surface area (Å²) in [6.45, 7) is 2.26. The molecule has 2 saturated carbocycles. The summed E-state index contributed by atoms with van der Waals surface area (Å²) in [5, 5.41) is 17.4. The van der Waals surface area contributed by atoms with E-state index in [1.807, 2.05) is 0 Å². The fourth-order valence-corrected chi connectivity index (χ4v) is 2.11. The van der Waals surface area contributed by atoms with Crippen molar-refractivity contribution in [2.24, 2.45) is 5.92 Å². The minimum atomic E-state index is 0.0185. The van der Waals surface area contributed by atoms with Crippen LogP contribution in [0.2, 0.25) is 0 Å². The average Bonchev–Trinajstić information content (AvgIpc) is 3.09. The summed E-state index contributed by atoms with van der Waals surface area (Å²) in [5.74, 6) is 3.22. The van der Waals surface area contributed by atoms with E-state index in [1.165, 1.54) is 19.3 Å². The number of hydrogen-bond acceptors (Lipinski definition) is 3. The van der Waals surface area contributed by atoms with E-state index in [0.29, 0.717) is 12.0 Å². The van der Waals surface area contributed by atoms with Gasteiger partial charge >= 0.3 is 0 Å². The van der Waals surface area contributed by atoms with Gasteiger partial charge in [-0.2, -0.15) is 0 Å². The van der Waals surface area contributed by atoms with Crippen LogP contribution in [0.1, 0.15) is 49.8 Å². The first kappa shape index (κ1) is 8.41. The molecule has 0 radical (unpaired) electrons. The lowest BCUT2D eigenvalue weighted by atomic mass is 10.3. The Kier molecular flexibility index (Phi) is 1.68. The highest BCUT2D eigenvalue weighted by Gasteiger charge is 2.41. The van der Waals surface area contributed by atoms with Crippen LogP contribution >= 0.6 is 0 Å². The highest BCUT2D eigenvalue weighted by molar-refractivity contribution is 5.14. The second kappa shape index (κ2) is 2.79. The van der Waals surface area contributed by atoms with Crippen molar-refractivity contribution in [2.45, 2.75) is 44.8 Å². The maximum atomic E-state index is 9.15. The SMILES string of the molecule is CC1CC1c1nnc(CO)n1C1CC1. The zero-order valence-corrected chi connectivity index (χ0v) is 8.35. The molecule has 76 valence electrons. The largest absolute Gasteiger partial charge is 0.388 e. The second-order valence-electron chi connectivity index (χ2n) is 4.55. The number of rotatable bonds is 3. The number of aliphatic hydroxyl groups is 1. The van der Waals surface area contributed by atoms with Crippen LogP contribution in [-0.2, 0) is 6.61 Å². The van der Waals surface area contributed by atoms with Crippen LogP contribution in [0.15, 0.2) is 0 Å². The smallest absolute Gasteiger partial charge is 0.159 e. The van der Waals surface area contributed by atoms with Gasteiger partial charge in [0.1, 0.15) is 12.4 Å². The lowest BCUT2D eigenvalue weighted by molar-refractivity contribution is 0.264. The van der Waals surface area contributed by atoms with Crippen LogP contribution in [0, 0.1) is 5.92 Å². The Morgan fingerprint density at radius 3 is 2.64 bits per heavy atom. The molecule has 0 amide bonds. The molecular weight excluding hydrogens is 178 g/mol. The van der Waals surface area contributed by atoms with Crippen LogP contribution in [-0.4, -0.2) is 19.9 Å². The quantitative estimate of drug-likeness (QED) is 0.785. The van der Waals surface area contributed by atoms with Crippen LogP contribution in [0.4, 0.5) is 0 Å². The second-order valence-corrected chi connectivity index (χ2v) is 4.55. The van der Waals surface area contributed by atoms with Crippen LogP contribution in [0.3, 0.4) is 0 Å². The van der Waals surface area contributed by atoms with Gasteiger partial charge in [-0.1, -0.05) is 6.92 Å². The van der Waals surface area contributed by atoms with E-state index >= 15 is 0 Å². The number of nitrogens with zero attached hydrogens (tertiary/aromatic N) is 3. The Hall–Kier alpha value is -0.900. The molecule has 0 aromatic carbocycles. The molecule has 14 heavy (non-hydrogen) atoms. The highest BCUT2D eigenvalue weighted by atomic mass is 16.3. The molecule has 2 aliphatic rings. The first-order chi connectivity index (χ1) is 6.81. The zero-order chi connectivity index (χ0) is 9.71. The van der Waals surface area contributed by atoms with E-state index in [1.54, 1.807) is 0 Å². The molecule has 1 aromatic heterocycles. The van der Waals surface area contributed by atoms with E-state index in [-0.39, 0.29) is 6.61 Å². The van der Waals surface area contributed by atoms with Crippen molar-refractivity contribution in [2.75, 3.05) is 0 Å². The molecule has 3 rings (SSSR count). The van der Waals surface area contributed by atoms with Crippen molar-refractivity contribution in [3.8, 4) is 0 Å². The number of aromatic nitrogens is 3. The van der Waals surface area contributed by atoms with E-state index < -0.39 is 0 Å². The van der Waals surface area contributed by atoms with Crippen molar-refractivity contribution >= 4 is 0 Å². The lowest BCUT2D eigenvalue weighted by Crippen LogP contribution is -2.05. The third kappa shape index (κ3) is 1.17. The summed E-state index contributed by atoms with van der Waals surface area (Å²) in [5.41, 5.74) is 0. The molecule has 2 unspecified atom stereocenters. The molecule has 0 aliphatic heterocycles. The summed E-state index contributed by atoms with van der Waals surface area (Å²) in [6, 6.07) is 0.579. The summed E-state index contributed by atoms with van der Waals surface area (Å²) < 4.78 is 2.17. The van der Waals surface area contributed by atoms with Gasteiger partial charge in [-0.25, -0.2) is 0 Å². The van der Waals surface area contributed by atoms with E-state index in [0.717, 1.165) is 17.6 Å². The van der Waals surface area contributed by atoms with Crippen molar-refractivity contribution < 1.29 is 5.11 Å². The molecule has 2 atom stereocenters. The average molecular weight is 193 g/mol. The molecule has 1 aromatic rings. The number of hydrogen-bond donors (Lipinski definition) is 1. The van der Waals surface area contributed by atoms with Gasteiger partial charge in [0.2, 0.25) is 0 Å². The maximum absolute atomic E-state index is 9.15. The van der Waals surface area contributed by atoms with Crippen LogP contribution in [0.5, 0.6) is 0 Å². The standard InChI is InChI=1S/C10H15N3O/c1-6-4-8(6)10-12-11-9(5-14)13(10)7-2-3-7/h6-8,14H,2-5H2,1H3. The Morgan fingerprint density at radius 1 is 1.43 bits per heavy atom. The van der Waals surface area contributed by atoms with Gasteiger partial charge in [0.25, 0.3) is 0 Å². The maximum Gasteiger partial charge on any atom is 0.159 e. The van der Waals surface area contributed by atoms with Crippen molar-refractivity contribution in [1.29, 1.82) is 0 Å². The molecule has 2 aliphatic carbocycles. The summed E-state index contributed by atoms with van der Waals surface area (Å²) in [4.78, 5) is 0. The van der Waals surface area contributed by atoms with Gasteiger partial charge < -0.3 is 9.67 Å². The van der Waals surface area contributed by atoms with Gasteiger partial charge in [0.15, 0.2) is 5.82 Å². The van der Waals surface area contributed by atoms with Crippen molar-refractivity contribution in [1.82, 2.24) is 14.8 Å². The van der Waals surface area contributed by atoms with Crippen molar-refractivity contribution in [3.05, 3.63) is 11.6 Å². The fourth-order valence-electron chi connectivity index (χ4n) is 2.11. The summed E-state index contributed by atoms with van der Waals surface area (Å²) >= 11 is 0. The first-order valence-corrected chi connectivity index (χ1v) is 5.35. The molecule has 0 spiro atoms. The zero-order valence-electron chi connectivity index (χ0n) is 8.35. The topological polar surface area (TPSA) is 50.9 Å². The molecule has 0 saturated heterocycles. The Labute approximate surface area is 83.0 Å². The Bertz CT molecular complexity index is 356. The van der Waals surface area contributed by atoms with E-state index in [9.17, 15) is 0 Å². The van der Waals surface area contributed by atoms with Crippen molar-refractivity contribution in [3.63, 3.8) is 0 Å². The van der Waals surface area contributed by atoms with E-state index in [2.05, 4.69) is 21.7 Å². The van der Waals surface area contributed by atoms with Gasteiger partial charge in [0.05, 0.1) is 0 Å². The van der Waals surface area contributed by atoms with Gasteiger partial charge in [-0.05, 0) is 25.2 Å². The third-order valence-corrected chi connectivity index (χ3v) is 3.29. The van der Waals surface area contributed by atoms with Crippen LogP contribution < -0.4 is 0 Å². The van der Waals surface area contributed by atoms with Gasteiger partial charge in [0, 0.05) is 12.0 Å². The van der Waals surface area contributed by atoms with Crippen LogP contribution in [0.25, 0.3) is 0 Å². The first-order valence-electron chi connectivity index (χ1n) is 5.35. The minimum absolute atomic E-state index is 0.0185. The minimum Gasteiger partial charge on any atom is -0.388 e. The monoisotopic (exact) mass is 193 g/mol. The molecule has 0 bridgehead atoms. The van der Waals surface area contributed by atoms with Gasteiger partial charge in [-0.15, -0.1) is 10.2 Å². The lowest BCUT2D eigenvalue weighted by Gasteiger charge is -2.06. The van der Waals surface area contributed by atoms with E-state index in [4.69, 9.17) is 5.11 Å². The molecule has 2 fully saturated rings. The molecule has 4 nitrogen and oxygen atoms in total. The summed E-state index contributed by atoms with van der Waals surface area (Å²) in [6.07, 6.45) is 3.68. The predicted octanol–water partition coefficient (Wildman–Crippen LogP) is 1.23. The Balaban J connectivity index is 1.97. The molecule has 1 heterocycles. The predicted molar refractivity (Wildman–Crippen MR) is 50.7 cm³/mol. The number of aliphatic hydroxyl groups excluding tert-OH is 1. The normalized spacial score (nSPS) is 30.7. The molecular formula is C10H15N3O. The molecule has 1 N–H and O–H groups in total. The third-order valence-electron chi connectivity index (χ3n) is 3.29. The van der Waals surface area contributed by atoms with Gasteiger partial charge in [-0.3, -0.25) is 0 Å².